The molecule has 0 aliphatic heterocycles. The fourth-order valence-corrected chi connectivity index (χ4v) is 1.93. The highest BCUT2D eigenvalue weighted by molar-refractivity contribution is 9.10. The van der Waals surface area contributed by atoms with E-state index in [1.807, 2.05) is 12.1 Å². The second-order valence-corrected chi connectivity index (χ2v) is 4.78. The molecule has 1 unspecified atom stereocenters. The average Bonchev–Trinajstić information content (AvgIpc) is 2.38. The second kappa shape index (κ2) is 7.94. The smallest absolute Gasteiger partial charge is 0.313 e. The highest BCUT2D eigenvalue weighted by Gasteiger charge is 2.25. The summed E-state index contributed by atoms with van der Waals surface area (Å²) in [4.78, 5) is 23.5. The maximum Gasteiger partial charge on any atom is 0.313 e. The van der Waals surface area contributed by atoms with Gasteiger partial charge < -0.3 is 9.47 Å². The molecule has 0 saturated carbocycles. The summed E-state index contributed by atoms with van der Waals surface area (Å²) in [6, 6.07) is 7.25. The molecule has 0 radical (unpaired) electrons. The Bertz CT molecular complexity index is 428. The third-order valence-corrected chi connectivity index (χ3v) is 3.05. The third-order valence-electron chi connectivity index (χ3n) is 2.52. The van der Waals surface area contributed by atoms with E-state index in [2.05, 4.69) is 15.9 Å². The molecule has 0 aliphatic rings. The van der Waals surface area contributed by atoms with Crippen LogP contribution in [0, 0.1) is 0 Å². The molecule has 104 valence electrons. The molecule has 0 aliphatic carbocycles. The number of carbonyl (C=O) groups excluding carboxylic acids is 2. The number of carbonyl (C=O) groups is 2. The Hall–Kier alpha value is -1.36. The van der Waals surface area contributed by atoms with Gasteiger partial charge in [-0.3, -0.25) is 9.59 Å². The first-order valence-corrected chi connectivity index (χ1v) is 6.95. The minimum absolute atomic E-state index is 0.00565. The van der Waals surface area contributed by atoms with Crippen LogP contribution in [0.3, 0.4) is 0 Å². The monoisotopic (exact) mass is 328 g/mol. The molecule has 19 heavy (non-hydrogen) atoms. The Kier molecular flexibility index (Phi) is 6.56. The molecule has 5 heteroatoms. The van der Waals surface area contributed by atoms with Gasteiger partial charge in [-0.1, -0.05) is 28.1 Å². The van der Waals surface area contributed by atoms with Crippen LogP contribution >= 0.6 is 15.9 Å². The molecule has 0 fully saturated rings. The van der Waals surface area contributed by atoms with Crippen molar-refractivity contribution in [3.05, 3.63) is 34.3 Å². The Morgan fingerprint density at radius 1 is 1.11 bits per heavy atom. The molecule has 1 aromatic carbocycles. The zero-order valence-electron chi connectivity index (χ0n) is 11.0. The van der Waals surface area contributed by atoms with Gasteiger partial charge in [0.25, 0.3) is 0 Å². The first-order valence-electron chi connectivity index (χ1n) is 6.16. The number of benzene rings is 1. The molecule has 1 aromatic rings. The van der Waals surface area contributed by atoms with E-state index in [1.165, 1.54) is 0 Å². The van der Waals surface area contributed by atoms with E-state index in [9.17, 15) is 9.59 Å². The molecule has 0 bridgehead atoms. The summed E-state index contributed by atoms with van der Waals surface area (Å²) < 4.78 is 10.8. The van der Waals surface area contributed by atoms with Crippen molar-refractivity contribution in [3.8, 4) is 0 Å². The van der Waals surface area contributed by atoms with Crippen LogP contribution in [0.4, 0.5) is 0 Å². The normalized spacial score (nSPS) is 11.7. The molecule has 1 atom stereocenters. The van der Waals surface area contributed by atoms with E-state index in [-0.39, 0.29) is 13.0 Å². The lowest BCUT2D eigenvalue weighted by atomic mass is 9.96. The van der Waals surface area contributed by atoms with Crippen molar-refractivity contribution in [1.82, 2.24) is 0 Å². The molecule has 0 saturated heterocycles. The van der Waals surface area contributed by atoms with Crippen LogP contribution in [0.25, 0.3) is 0 Å². The third kappa shape index (κ3) is 5.03. The summed E-state index contributed by atoms with van der Waals surface area (Å²) >= 11 is 3.33. The first kappa shape index (κ1) is 15.7. The summed E-state index contributed by atoms with van der Waals surface area (Å²) in [5.41, 5.74) is 0.745. The summed E-state index contributed by atoms with van der Waals surface area (Å²) in [7, 11) is 0. The van der Waals surface area contributed by atoms with Crippen LogP contribution in [-0.2, 0) is 19.1 Å². The molecule has 1 rings (SSSR count). The molecular weight excluding hydrogens is 312 g/mol. The van der Waals surface area contributed by atoms with Crippen molar-refractivity contribution in [2.45, 2.75) is 26.2 Å². The van der Waals surface area contributed by atoms with Gasteiger partial charge in [0.15, 0.2) is 0 Å². The molecule has 0 amide bonds. The summed E-state index contributed by atoms with van der Waals surface area (Å²) in [6.45, 7) is 4.06. The van der Waals surface area contributed by atoms with Crippen molar-refractivity contribution in [2.75, 3.05) is 13.2 Å². The zero-order chi connectivity index (χ0) is 14.3. The zero-order valence-corrected chi connectivity index (χ0v) is 12.6. The van der Waals surface area contributed by atoms with E-state index in [4.69, 9.17) is 9.47 Å². The standard InChI is InChI=1S/C14H17BrO4/c1-3-18-13(16)9-12(14(17)19-4-2)10-5-7-11(15)8-6-10/h5-8,12H,3-4,9H2,1-2H3. The Morgan fingerprint density at radius 2 is 1.68 bits per heavy atom. The van der Waals surface area contributed by atoms with Gasteiger partial charge >= 0.3 is 11.9 Å². The van der Waals surface area contributed by atoms with E-state index in [1.54, 1.807) is 26.0 Å². The van der Waals surface area contributed by atoms with Gasteiger partial charge in [0.1, 0.15) is 0 Å². The van der Waals surface area contributed by atoms with Gasteiger partial charge in [0.2, 0.25) is 0 Å². The second-order valence-electron chi connectivity index (χ2n) is 3.87. The maximum atomic E-state index is 11.9. The van der Waals surface area contributed by atoms with Crippen LogP contribution in [0.5, 0.6) is 0 Å². The van der Waals surface area contributed by atoms with Gasteiger partial charge in [0, 0.05) is 4.47 Å². The number of hydrogen-bond acceptors (Lipinski definition) is 4. The van der Waals surface area contributed by atoms with Crippen LogP contribution < -0.4 is 0 Å². The predicted molar refractivity (Wildman–Crippen MR) is 74.8 cm³/mol. The van der Waals surface area contributed by atoms with E-state index >= 15 is 0 Å². The number of ether oxygens (including phenoxy) is 2. The highest BCUT2D eigenvalue weighted by Crippen LogP contribution is 2.24. The Labute approximate surface area is 121 Å². The number of rotatable bonds is 6. The molecule has 4 nitrogen and oxygen atoms in total. The Morgan fingerprint density at radius 3 is 2.21 bits per heavy atom. The largest absolute Gasteiger partial charge is 0.466 e. The molecule has 0 spiro atoms. The van der Waals surface area contributed by atoms with Crippen molar-refractivity contribution in [2.24, 2.45) is 0 Å². The number of esters is 2. The fourth-order valence-electron chi connectivity index (χ4n) is 1.66. The quantitative estimate of drug-likeness (QED) is 0.753. The topological polar surface area (TPSA) is 52.6 Å². The summed E-state index contributed by atoms with van der Waals surface area (Å²) in [6.07, 6.45) is -0.00565. The van der Waals surface area contributed by atoms with E-state index < -0.39 is 17.9 Å². The predicted octanol–water partition coefficient (Wildman–Crippen LogP) is 3.05. The number of halogens is 1. The van der Waals surface area contributed by atoms with Crippen molar-refractivity contribution < 1.29 is 19.1 Å². The van der Waals surface area contributed by atoms with Crippen molar-refractivity contribution >= 4 is 27.9 Å². The Balaban J connectivity index is 2.88. The maximum absolute atomic E-state index is 11.9. The molecule has 0 aromatic heterocycles. The van der Waals surface area contributed by atoms with Gasteiger partial charge in [-0.25, -0.2) is 0 Å². The van der Waals surface area contributed by atoms with Crippen molar-refractivity contribution in [3.63, 3.8) is 0 Å². The van der Waals surface area contributed by atoms with Gasteiger partial charge in [-0.05, 0) is 31.5 Å². The lowest BCUT2D eigenvalue weighted by Crippen LogP contribution is -2.20. The SMILES string of the molecule is CCOC(=O)CC(C(=O)OCC)c1ccc(Br)cc1. The fraction of sp³-hybridized carbons (Fsp3) is 0.429. The van der Waals surface area contributed by atoms with Gasteiger partial charge in [-0.2, -0.15) is 0 Å². The number of hydrogen-bond donors (Lipinski definition) is 0. The van der Waals surface area contributed by atoms with E-state index in [0.717, 1.165) is 10.0 Å². The van der Waals surface area contributed by atoms with Crippen LogP contribution in [0.2, 0.25) is 0 Å². The van der Waals surface area contributed by atoms with Gasteiger partial charge in [-0.15, -0.1) is 0 Å². The van der Waals surface area contributed by atoms with Crippen LogP contribution in [0.1, 0.15) is 31.7 Å². The van der Waals surface area contributed by atoms with Crippen molar-refractivity contribution in [1.29, 1.82) is 0 Å². The molecule has 0 heterocycles. The van der Waals surface area contributed by atoms with E-state index in [0.29, 0.717) is 6.61 Å². The highest BCUT2D eigenvalue weighted by atomic mass is 79.9. The lowest BCUT2D eigenvalue weighted by Gasteiger charge is -2.15. The lowest BCUT2D eigenvalue weighted by molar-refractivity contribution is -0.151. The molecular formula is C14H17BrO4. The minimum Gasteiger partial charge on any atom is -0.466 e. The average molecular weight is 329 g/mol. The minimum atomic E-state index is -0.618. The molecule has 0 N–H and O–H groups in total. The summed E-state index contributed by atoms with van der Waals surface area (Å²) in [5, 5.41) is 0. The van der Waals surface area contributed by atoms with Crippen LogP contribution in [-0.4, -0.2) is 25.2 Å². The van der Waals surface area contributed by atoms with Crippen LogP contribution in [0.15, 0.2) is 28.7 Å². The summed E-state index contributed by atoms with van der Waals surface area (Å²) in [5.74, 6) is -1.42. The van der Waals surface area contributed by atoms with Gasteiger partial charge in [0.05, 0.1) is 25.6 Å². The first-order chi connectivity index (χ1) is 9.08.